The van der Waals surface area contributed by atoms with Crippen LogP contribution in [-0.2, 0) is 11.3 Å². The number of benzene rings is 1. The van der Waals surface area contributed by atoms with Crippen LogP contribution >= 0.6 is 0 Å². The maximum atomic E-state index is 12.4. The lowest BCUT2D eigenvalue weighted by Gasteiger charge is -2.08. The van der Waals surface area contributed by atoms with Crippen molar-refractivity contribution in [1.82, 2.24) is 19.5 Å². The molecule has 0 saturated carbocycles. The van der Waals surface area contributed by atoms with Crippen LogP contribution in [0.3, 0.4) is 0 Å². The lowest BCUT2D eigenvalue weighted by Crippen LogP contribution is -2.19. The SMILES string of the molecule is Cc1cc(C)c2ccc(NC(=O)Cn3cnc4ccccc43)nc2n1. The van der Waals surface area contributed by atoms with Crippen LogP contribution in [0.4, 0.5) is 5.82 Å². The zero-order valence-corrected chi connectivity index (χ0v) is 14.0. The molecule has 6 nitrogen and oxygen atoms in total. The average Bonchev–Trinajstić information content (AvgIpc) is 2.97. The highest BCUT2D eigenvalue weighted by Gasteiger charge is 2.09. The van der Waals surface area contributed by atoms with Crippen LogP contribution in [0.2, 0.25) is 0 Å². The minimum atomic E-state index is -0.153. The molecule has 0 bridgehead atoms. The second kappa shape index (κ2) is 5.98. The number of para-hydroxylation sites is 2. The van der Waals surface area contributed by atoms with E-state index in [2.05, 4.69) is 20.3 Å². The normalized spacial score (nSPS) is 11.1. The van der Waals surface area contributed by atoms with Crippen molar-refractivity contribution >= 4 is 33.8 Å². The molecule has 0 radical (unpaired) electrons. The summed E-state index contributed by atoms with van der Waals surface area (Å²) in [6, 6.07) is 13.5. The Morgan fingerprint density at radius 1 is 1.12 bits per heavy atom. The first kappa shape index (κ1) is 15.3. The van der Waals surface area contributed by atoms with E-state index in [0.717, 1.165) is 27.7 Å². The maximum absolute atomic E-state index is 12.4. The Balaban J connectivity index is 1.57. The molecule has 3 heterocycles. The molecule has 0 aliphatic heterocycles. The summed E-state index contributed by atoms with van der Waals surface area (Å²) in [7, 11) is 0. The predicted molar refractivity (Wildman–Crippen MR) is 97.4 cm³/mol. The highest BCUT2D eigenvalue weighted by atomic mass is 16.2. The van der Waals surface area contributed by atoms with Crippen molar-refractivity contribution in [2.75, 3.05) is 5.32 Å². The number of imidazole rings is 1. The third-order valence-electron chi connectivity index (χ3n) is 4.12. The smallest absolute Gasteiger partial charge is 0.245 e. The summed E-state index contributed by atoms with van der Waals surface area (Å²) in [5.74, 6) is 0.346. The zero-order chi connectivity index (χ0) is 17.4. The largest absolute Gasteiger partial charge is 0.321 e. The molecule has 124 valence electrons. The summed E-state index contributed by atoms with van der Waals surface area (Å²) in [5.41, 5.74) is 4.47. The summed E-state index contributed by atoms with van der Waals surface area (Å²) < 4.78 is 1.82. The Bertz CT molecular complexity index is 1100. The summed E-state index contributed by atoms with van der Waals surface area (Å²) in [6.45, 7) is 4.14. The molecule has 0 saturated heterocycles. The highest BCUT2D eigenvalue weighted by molar-refractivity contribution is 5.92. The second-order valence-corrected chi connectivity index (χ2v) is 6.06. The van der Waals surface area contributed by atoms with E-state index in [9.17, 15) is 4.79 Å². The van der Waals surface area contributed by atoms with Gasteiger partial charge in [0.25, 0.3) is 0 Å². The van der Waals surface area contributed by atoms with Crippen LogP contribution in [-0.4, -0.2) is 25.4 Å². The summed E-state index contributed by atoms with van der Waals surface area (Å²) in [4.78, 5) is 25.6. The van der Waals surface area contributed by atoms with E-state index in [0.29, 0.717) is 11.5 Å². The van der Waals surface area contributed by atoms with Gasteiger partial charge in [0.15, 0.2) is 5.65 Å². The van der Waals surface area contributed by atoms with Gasteiger partial charge in [-0.05, 0) is 49.7 Å². The quantitative estimate of drug-likeness (QED) is 0.625. The van der Waals surface area contributed by atoms with Crippen molar-refractivity contribution in [1.29, 1.82) is 0 Å². The fourth-order valence-corrected chi connectivity index (χ4v) is 2.97. The van der Waals surface area contributed by atoms with Gasteiger partial charge in [0.05, 0.1) is 17.4 Å². The standard InChI is InChI=1S/C19H17N5O/c1-12-9-13(2)21-19-14(12)7-8-17(23-19)22-18(25)10-24-11-20-15-5-3-4-6-16(15)24/h3-9,11H,10H2,1-2H3,(H,21,22,23,25). The van der Waals surface area contributed by atoms with Crippen molar-refractivity contribution < 1.29 is 4.79 Å². The monoisotopic (exact) mass is 331 g/mol. The third kappa shape index (κ3) is 2.94. The Labute approximate surface area is 144 Å². The van der Waals surface area contributed by atoms with Crippen LogP contribution in [0, 0.1) is 13.8 Å². The van der Waals surface area contributed by atoms with Gasteiger partial charge in [-0.2, -0.15) is 0 Å². The number of fused-ring (bicyclic) bond motifs is 2. The van der Waals surface area contributed by atoms with Gasteiger partial charge in [-0.25, -0.2) is 15.0 Å². The maximum Gasteiger partial charge on any atom is 0.245 e. The fraction of sp³-hybridized carbons (Fsp3) is 0.158. The van der Waals surface area contributed by atoms with Crippen molar-refractivity contribution in [3.05, 3.63) is 60.0 Å². The number of hydrogen-bond donors (Lipinski definition) is 1. The number of aromatic nitrogens is 4. The number of rotatable bonds is 3. The number of carbonyl (C=O) groups is 1. The summed E-state index contributed by atoms with van der Waals surface area (Å²) in [6.07, 6.45) is 1.67. The van der Waals surface area contributed by atoms with Crippen molar-refractivity contribution in [3.8, 4) is 0 Å². The van der Waals surface area contributed by atoms with Crippen LogP contribution in [0.15, 0.2) is 48.8 Å². The Hall–Kier alpha value is -3.28. The lowest BCUT2D eigenvalue weighted by molar-refractivity contribution is -0.116. The van der Waals surface area contributed by atoms with E-state index in [-0.39, 0.29) is 12.5 Å². The molecule has 1 amide bonds. The van der Waals surface area contributed by atoms with Gasteiger partial charge in [0.2, 0.25) is 5.91 Å². The van der Waals surface area contributed by atoms with E-state index < -0.39 is 0 Å². The summed E-state index contributed by atoms with van der Waals surface area (Å²) >= 11 is 0. The minimum absolute atomic E-state index is 0.153. The number of amides is 1. The number of nitrogens with one attached hydrogen (secondary N) is 1. The van der Waals surface area contributed by atoms with E-state index in [4.69, 9.17) is 0 Å². The second-order valence-electron chi connectivity index (χ2n) is 6.06. The number of nitrogens with zero attached hydrogens (tertiary/aromatic N) is 4. The molecule has 6 heteroatoms. The van der Waals surface area contributed by atoms with Gasteiger partial charge >= 0.3 is 0 Å². The number of pyridine rings is 2. The van der Waals surface area contributed by atoms with E-state index in [1.165, 1.54) is 0 Å². The Kier molecular flexibility index (Phi) is 3.65. The Morgan fingerprint density at radius 3 is 2.84 bits per heavy atom. The van der Waals surface area contributed by atoms with Crippen molar-refractivity contribution in [2.24, 2.45) is 0 Å². The molecule has 4 aromatic rings. The number of anilines is 1. The zero-order valence-electron chi connectivity index (χ0n) is 14.0. The molecule has 3 aromatic heterocycles. The third-order valence-corrected chi connectivity index (χ3v) is 4.12. The van der Waals surface area contributed by atoms with Gasteiger partial charge in [0.1, 0.15) is 12.4 Å². The molecule has 0 unspecified atom stereocenters. The van der Waals surface area contributed by atoms with E-state index in [1.807, 2.05) is 54.8 Å². The van der Waals surface area contributed by atoms with E-state index >= 15 is 0 Å². The molecule has 1 N–H and O–H groups in total. The van der Waals surface area contributed by atoms with Gasteiger partial charge in [0, 0.05) is 11.1 Å². The fourth-order valence-electron chi connectivity index (χ4n) is 2.97. The first-order valence-corrected chi connectivity index (χ1v) is 8.05. The molecule has 0 fully saturated rings. The first-order valence-electron chi connectivity index (χ1n) is 8.05. The predicted octanol–water partition coefficient (Wildman–Crippen LogP) is 3.24. The van der Waals surface area contributed by atoms with Gasteiger partial charge in [-0.3, -0.25) is 4.79 Å². The van der Waals surface area contributed by atoms with Crippen LogP contribution in [0.5, 0.6) is 0 Å². The molecule has 25 heavy (non-hydrogen) atoms. The molecule has 1 aromatic carbocycles. The van der Waals surface area contributed by atoms with Gasteiger partial charge in [-0.15, -0.1) is 0 Å². The van der Waals surface area contributed by atoms with Gasteiger partial charge in [-0.1, -0.05) is 12.1 Å². The minimum Gasteiger partial charge on any atom is -0.321 e. The molecular formula is C19H17N5O. The molecule has 0 aliphatic rings. The van der Waals surface area contributed by atoms with Crippen LogP contribution in [0.1, 0.15) is 11.3 Å². The topological polar surface area (TPSA) is 72.7 Å². The summed E-state index contributed by atoms with van der Waals surface area (Å²) in [5, 5.41) is 3.83. The first-order chi connectivity index (χ1) is 12.1. The molecule has 0 atom stereocenters. The number of aryl methyl sites for hydroxylation is 2. The van der Waals surface area contributed by atoms with Crippen LogP contribution < -0.4 is 5.32 Å². The van der Waals surface area contributed by atoms with Crippen molar-refractivity contribution in [2.45, 2.75) is 20.4 Å². The van der Waals surface area contributed by atoms with Crippen LogP contribution in [0.25, 0.3) is 22.1 Å². The Morgan fingerprint density at radius 2 is 1.96 bits per heavy atom. The molecular weight excluding hydrogens is 314 g/mol. The number of carbonyl (C=O) groups excluding carboxylic acids is 1. The number of hydrogen-bond acceptors (Lipinski definition) is 4. The highest BCUT2D eigenvalue weighted by Crippen LogP contribution is 2.18. The lowest BCUT2D eigenvalue weighted by atomic mass is 10.1. The van der Waals surface area contributed by atoms with Crippen molar-refractivity contribution in [3.63, 3.8) is 0 Å². The average molecular weight is 331 g/mol. The molecule has 4 rings (SSSR count). The van der Waals surface area contributed by atoms with Gasteiger partial charge < -0.3 is 9.88 Å². The molecule has 0 aliphatic carbocycles. The van der Waals surface area contributed by atoms with E-state index in [1.54, 1.807) is 12.4 Å². The molecule has 0 spiro atoms.